The number of carbonyl (C=O) groups is 2. The number of halogens is 2. The molecule has 0 aliphatic carbocycles. The maximum atomic E-state index is 12.3. The zero-order chi connectivity index (χ0) is 20.8. The number of carbonyl (C=O) groups excluding carboxylic acids is 1. The Kier molecular flexibility index (Phi) is 6.69. The van der Waals surface area contributed by atoms with Crippen LogP contribution in [0, 0.1) is 0 Å². The normalized spacial score (nSPS) is 11.0. The summed E-state index contributed by atoms with van der Waals surface area (Å²) >= 11 is 9.29. The molecule has 0 radical (unpaired) electrons. The molecule has 3 aromatic rings. The number of carboxylic acids is 1. The average Bonchev–Trinajstić information content (AvgIpc) is 2.70. The summed E-state index contributed by atoms with van der Waals surface area (Å²) in [6.07, 6.45) is 1.37. The van der Waals surface area contributed by atoms with Gasteiger partial charge in [0, 0.05) is 10.6 Å². The maximum Gasteiger partial charge on any atom is 0.352 e. The molecule has 2 N–H and O–H groups in total. The Hall–Kier alpha value is -3.09. The van der Waals surface area contributed by atoms with Gasteiger partial charge in [0.25, 0.3) is 5.91 Å². The monoisotopic (exact) mass is 471 g/mol. The van der Waals surface area contributed by atoms with Crippen LogP contribution in [0.15, 0.2) is 83.0 Å². The molecular weight excluding hydrogens is 458 g/mol. The van der Waals surface area contributed by atoms with E-state index in [0.29, 0.717) is 22.1 Å². The Morgan fingerprint density at radius 1 is 1.00 bits per heavy atom. The highest BCUT2D eigenvalue weighted by Gasteiger charge is 2.14. The third-order valence-electron chi connectivity index (χ3n) is 3.82. The summed E-state index contributed by atoms with van der Waals surface area (Å²) in [4.78, 5) is 23.8. The van der Waals surface area contributed by atoms with Crippen molar-refractivity contribution in [3.63, 3.8) is 0 Å². The van der Waals surface area contributed by atoms with Crippen molar-refractivity contribution < 1.29 is 19.4 Å². The van der Waals surface area contributed by atoms with E-state index in [1.54, 1.807) is 42.5 Å². The van der Waals surface area contributed by atoms with Crippen molar-refractivity contribution in [2.75, 3.05) is 0 Å². The molecule has 29 heavy (non-hydrogen) atoms. The number of nitrogens with one attached hydrogen (secondary N) is 1. The number of carboxylic acid groups (broad SMARTS) is 1. The molecule has 0 aliphatic heterocycles. The minimum absolute atomic E-state index is 0.255. The lowest BCUT2D eigenvalue weighted by molar-refractivity contribution is -0.132. The minimum Gasteiger partial charge on any atom is -0.477 e. The molecule has 0 fully saturated rings. The first kappa shape index (κ1) is 20.6. The molecule has 7 heteroatoms. The largest absolute Gasteiger partial charge is 0.477 e. The Morgan fingerprint density at radius 2 is 1.72 bits per heavy atom. The van der Waals surface area contributed by atoms with E-state index in [9.17, 15) is 14.7 Å². The van der Waals surface area contributed by atoms with E-state index >= 15 is 0 Å². The van der Waals surface area contributed by atoms with Gasteiger partial charge in [-0.05, 0) is 70.0 Å². The second-order valence-electron chi connectivity index (χ2n) is 5.93. The molecule has 0 bridgehead atoms. The fraction of sp³-hybridized carbons (Fsp3) is 0. The van der Waals surface area contributed by atoms with Gasteiger partial charge < -0.3 is 15.2 Å². The summed E-state index contributed by atoms with van der Waals surface area (Å²) in [5, 5.41) is 12.2. The smallest absolute Gasteiger partial charge is 0.352 e. The van der Waals surface area contributed by atoms with Gasteiger partial charge >= 0.3 is 5.97 Å². The lowest BCUT2D eigenvalue weighted by Crippen LogP contribution is -2.27. The minimum atomic E-state index is -1.26. The fourth-order valence-electron chi connectivity index (χ4n) is 2.43. The number of aliphatic carboxylic acids is 1. The van der Waals surface area contributed by atoms with Crippen LogP contribution >= 0.6 is 27.5 Å². The highest BCUT2D eigenvalue weighted by Crippen LogP contribution is 2.29. The summed E-state index contributed by atoms with van der Waals surface area (Å²) in [5.74, 6) is -0.561. The predicted octanol–water partition coefficient (Wildman–Crippen LogP) is 5.75. The van der Waals surface area contributed by atoms with E-state index in [-0.39, 0.29) is 11.3 Å². The second-order valence-corrected chi connectivity index (χ2v) is 7.22. The number of benzene rings is 3. The van der Waals surface area contributed by atoms with Crippen LogP contribution in [0.1, 0.15) is 15.9 Å². The molecule has 0 unspecified atom stereocenters. The van der Waals surface area contributed by atoms with Crippen molar-refractivity contribution in [3.05, 3.63) is 99.1 Å². The van der Waals surface area contributed by atoms with Crippen molar-refractivity contribution in [2.24, 2.45) is 0 Å². The van der Waals surface area contributed by atoms with E-state index in [1.165, 1.54) is 12.1 Å². The van der Waals surface area contributed by atoms with Crippen LogP contribution in [0.5, 0.6) is 11.5 Å². The average molecular weight is 473 g/mol. The van der Waals surface area contributed by atoms with E-state index < -0.39 is 11.9 Å². The summed E-state index contributed by atoms with van der Waals surface area (Å²) in [6, 6.07) is 20.5. The summed E-state index contributed by atoms with van der Waals surface area (Å²) in [7, 11) is 0. The first-order valence-electron chi connectivity index (χ1n) is 8.47. The van der Waals surface area contributed by atoms with Crippen LogP contribution in [0.2, 0.25) is 5.02 Å². The van der Waals surface area contributed by atoms with Gasteiger partial charge in [-0.2, -0.15) is 0 Å². The highest BCUT2D eigenvalue weighted by atomic mass is 79.9. The Labute approximate surface area is 180 Å². The number of ether oxygens (including phenoxy) is 1. The van der Waals surface area contributed by atoms with Crippen molar-refractivity contribution in [2.45, 2.75) is 0 Å². The molecule has 1 amide bonds. The van der Waals surface area contributed by atoms with E-state index in [4.69, 9.17) is 16.3 Å². The highest BCUT2D eigenvalue weighted by molar-refractivity contribution is 9.10. The summed E-state index contributed by atoms with van der Waals surface area (Å²) in [5.41, 5.74) is 0.601. The number of hydrogen-bond donors (Lipinski definition) is 2. The van der Waals surface area contributed by atoms with Crippen molar-refractivity contribution in [3.8, 4) is 11.5 Å². The Balaban J connectivity index is 1.76. The lowest BCUT2D eigenvalue weighted by Gasteiger charge is -2.09. The van der Waals surface area contributed by atoms with Gasteiger partial charge in [0.2, 0.25) is 0 Å². The molecule has 0 saturated carbocycles. The van der Waals surface area contributed by atoms with Crippen LogP contribution < -0.4 is 10.1 Å². The van der Waals surface area contributed by atoms with Gasteiger partial charge in [0.15, 0.2) is 0 Å². The van der Waals surface area contributed by atoms with Gasteiger partial charge in [-0.25, -0.2) is 4.79 Å². The molecule has 3 rings (SSSR count). The number of para-hydroxylation sites is 1. The van der Waals surface area contributed by atoms with Gasteiger partial charge in [-0.3, -0.25) is 4.79 Å². The summed E-state index contributed by atoms with van der Waals surface area (Å²) < 4.78 is 6.60. The van der Waals surface area contributed by atoms with Gasteiger partial charge in [0.05, 0.1) is 4.47 Å². The van der Waals surface area contributed by atoms with Crippen LogP contribution in [-0.4, -0.2) is 17.0 Å². The Morgan fingerprint density at radius 3 is 2.38 bits per heavy atom. The van der Waals surface area contributed by atoms with Crippen LogP contribution in [0.3, 0.4) is 0 Å². The van der Waals surface area contributed by atoms with Gasteiger partial charge in [0.1, 0.15) is 17.2 Å². The number of amides is 1. The predicted molar refractivity (Wildman–Crippen MR) is 115 cm³/mol. The lowest BCUT2D eigenvalue weighted by atomic mass is 10.1. The van der Waals surface area contributed by atoms with Crippen LogP contribution in [-0.2, 0) is 4.79 Å². The van der Waals surface area contributed by atoms with Gasteiger partial charge in [-0.1, -0.05) is 41.9 Å². The van der Waals surface area contributed by atoms with Crippen LogP contribution in [0.4, 0.5) is 0 Å². The summed E-state index contributed by atoms with van der Waals surface area (Å²) in [6.45, 7) is 0. The van der Waals surface area contributed by atoms with E-state index in [0.717, 1.165) is 4.47 Å². The molecule has 0 aromatic heterocycles. The molecule has 146 valence electrons. The van der Waals surface area contributed by atoms with Gasteiger partial charge in [-0.15, -0.1) is 0 Å². The molecule has 0 atom stereocenters. The molecular formula is C22H15BrClNO4. The van der Waals surface area contributed by atoms with E-state index in [2.05, 4.69) is 21.2 Å². The second kappa shape index (κ2) is 9.41. The first-order chi connectivity index (χ1) is 13.9. The molecule has 0 saturated heterocycles. The Bertz CT molecular complexity index is 1080. The van der Waals surface area contributed by atoms with Crippen molar-refractivity contribution in [1.29, 1.82) is 0 Å². The topological polar surface area (TPSA) is 75.6 Å². The molecule has 3 aromatic carbocycles. The fourth-order valence-corrected chi connectivity index (χ4v) is 2.98. The standard InChI is InChI=1S/C22H15BrClNO4/c23-18-6-1-2-7-20(18)29-17-10-8-14(9-11-17)12-19(22(27)28)25-21(26)15-4-3-5-16(24)13-15/h1-13H,(H,25,26)(H,27,28)/b19-12-. The maximum absolute atomic E-state index is 12.3. The zero-order valence-electron chi connectivity index (χ0n) is 14.9. The van der Waals surface area contributed by atoms with Crippen molar-refractivity contribution in [1.82, 2.24) is 5.32 Å². The van der Waals surface area contributed by atoms with Crippen molar-refractivity contribution >= 4 is 45.5 Å². The van der Waals surface area contributed by atoms with Crippen LogP contribution in [0.25, 0.3) is 6.08 Å². The zero-order valence-corrected chi connectivity index (χ0v) is 17.3. The van der Waals surface area contributed by atoms with E-state index in [1.807, 2.05) is 24.3 Å². The number of hydrogen-bond acceptors (Lipinski definition) is 3. The molecule has 0 aliphatic rings. The SMILES string of the molecule is O=C(O)/C(=C/c1ccc(Oc2ccccc2Br)cc1)NC(=O)c1cccc(Cl)c1. The third-order valence-corrected chi connectivity index (χ3v) is 4.71. The molecule has 0 heterocycles. The molecule has 5 nitrogen and oxygen atoms in total. The quantitative estimate of drug-likeness (QED) is 0.448. The first-order valence-corrected chi connectivity index (χ1v) is 9.64. The number of rotatable bonds is 6. The molecule has 0 spiro atoms. The third kappa shape index (κ3) is 5.70.